The van der Waals surface area contributed by atoms with Gasteiger partial charge in [0.1, 0.15) is 5.82 Å². The first-order chi connectivity index (χ1) is 12.2. The minimum Gasteiger partial charge on any atom is -0.461 e. The molecule has 0 amide bonds. The summed E-state index contributed by atoms with van der Waals surface area (Å²) < 4.78 is 6.72. The first-order valence-corrected chi connectivity index (χ1v) is 8.33. The van der Waals surface area contributed by atoms with E-state index in [1.165, 1.54) is 0 Å². The Morgan fingerprint density at radius 1 is 1.44 bits per heavy atom. The number of hydrogen-bond donors (Lipinski definition) is 2. The van der Waals surface area contributed by atoms with E-state index in [4.69, 9.17) is 4.74 Å². The Labute approximate surface area is 143 Å². The molecule has 0 aliphatic heterocycles. The number of hydrogen-bond acceptors (Lipinski definition) is 7. The van der Waals surface area contributed by atoms with Gasteiger partial charge in [-0.1, -0.05) is 6.92 Å². The lowest BCUT2D eigenvalue weighted by Crippen LogP contribution is -2.06. The van der Waals surface area contributed by atoms with E-state index < -0.39 is 5.97 Å². The zero-order chi connectivity index (χ0) is 17.4. The first-order valence-electron chi connectivity index (χ1n) is 8.33. The predicted molar refractivity (Wildman–Crippen MR) is 89.2 cm³/mol. The lowest BCUT2D eigenvalue weighted by atomic mass is 10.3. The van der Waals surface area contributed by atoms with Crippen LogP contribution in [-0.2, 0) is 11.3 Å². The van der Waals surface area contributed by atoms with E-state index in [0.717, 1.165) is 23.6 Å². The number of H-pyrrole nitrogens is 1. The number of fused-ring (bicyclic) bond motifs is 1. The highest BCUT2D eigenvalue weighted by Gasteiger charge is 2.38. The molecule has 2 unspecified atom stereocenters. The van der Waals surface area contributed by atoms with Crippen LogP contribution in [0.5, 0.6) is 0 Å². The second-order valence-electron chi connectivity index (χ2n) is 6.22. The largest absolute Gasteiger partial charge is 0.461 e. The summed E-state index contributed by atoms with van der Waals surface area (Å²) in [4.78, 5) is 11.6. The van der Waals surface area contributed by atoms with Crippen molar-refractivity contribution in [3.8, 4) is 0 Å². The van der Waals surface area contributed by atoms with E-state index in [9.17, 15) is 4.79 Å². The van der Waals surface area contributed by atoms with Crippen LogP contribution in [0.2, 0.25) is 0 Å². The molecule has 0 saturated heterocycles. The molecule has 1 fully saturated rings. The Bertz CT molecular complexity index is 916. The van der Waals surface area contributed by atoms with E-state index in [-0.39, 0.29) is 5.69 Å². The molecule has 2 N–H and O–H groups in total. The number of carbonyl (C=O) groups excluding carboxylic acids is 1. The van der Waals surface area contributed by atoms with Gasteiger partial charge in [-0.3, -0.25) is 5.10 Å². The summed E-state index contributed by atoms with van der Waals surface area (Å²) in [5.74, 6) is 2.26. The molecule has 9 heteroatoms. The Balaban J connectivity index is 1.47. The molecule has 4 rings (SSSR count). The Kier molecular flexibility index (Phi) is 3.83. The zero-order valence-corrected chi connectivity index (χ0v) is 14.1. The van der Waals surface area contributed by atoms with Crippen molar-refractivity contribution in [2.45, 2.75) is 32.7 Å². The molecule has 25 heavy (non-hydrogen) atoms. The van der Waals surface area contributed by atoms with Gasteiger partial charge in [-0.2, -0.15) is 9.61 Å². The zero-order valence-electron chi connectivity index (χ0n) is 14.1. The second-order valence-corrected chi connectivity index (χ2v) is 6.22. The molecular weight excluding hydrogens is 322 g/mol. The van der Waals surface area contributed by atoms with Crippen LogP contribution in [-0.4, -0.2) is 42.6 Å². The maximum absolute atomic E-state index is 11.6. The molecule has 130 valence electrons. The normalized spacial score (nSPS) is 19.1. The summed E-state index contributed by atoms with van der Waals surface area (Å²) in [7, 11) is 0. The Hall–Kier alpha value is -2.97. The van der Waals surface area contributed by atoms with Gasteiger partial charge in [-0.05, 0) is 37.5 Å². The highest BCUT2D eigenvalue weighted by molar-refractivity contribution is 5.87. The molecule has 1 saturated carbocycles. The van der Waals surface area contributed by atoms with Crippen LogP contribution < -0.4 is 5.32 Å². The smallest absolute Gasteiger partial charge is 0.358 e. The number of nitrogens with zero attached hydrogens (tertiary/aromatic N) is 5. The quantitative estimate of drug-likeness (QED) is 0.657. The summed E-state index contributed by atoms with van der Waals surface area (Å²) >= 11 is 0. The van der Waals surface area contributed by atoms with Crippen LogP contribution in [0.15, 0.2) is 18.2 Å². The van der Waals surface area contributed by atoms with E-state index in [1.807, 2.05) is 12.1 Å². The molecule has 3 heterocycles. The number of aromatic amines is 1. The standard InChI is InChI=1S/C16H19N7O2/c1-3-25-16(24)12-7-10(18-19-12)8-17-13-4-5-14-20-21-15(23(14)22-13)11-6-9(11)2/h4-5,7,9,11H,3,6,8H2,1-2H3,(H,17,22)(H,18,19). The summed E-state index contributed by atoms with van der Waals surface area (Å²) in [5.41, 5.74) is 1.78. The molecule has 0 aromatic carbocycles. The number of anilines is 1. The van der Waals surface area contributed by atoms with E-state index in [2.05, 4.69) is 37.7 Å². The third kappa shape index (κ3) is 3.04. The van der Waals surface area contributed by atoms with Gasteiger partial charge in [0, 0.05) is 5.92 Å². The summed E-state index contributed by atoms with van der Waals surface area (Å²) in [5, 5.41) is 23.0. The van der Waals surface area contributed by atoms with Gasteiger partial charge in [0.05, 0.1) is 18.8 Å². The number of esters is 1. The Morgan fingerprint density at radius 2 is 2.28 bits per heavy atom. The highest BCUT2D eigenvalue weighted by atomic mass is 16.5. The van der Waals surface area contributed by atoms with Crippen molar-refractivity contribution in [3.63, 3.8) is 0 Å². The van der Waals surface area contributed by atoms with Crippen molar-refractivity contribution < 1.29 is 9.53 Å². The van der Waals surface area contributed by atoms with Crippen molar-refractivity contribution in [3.05, 3.63) is 35.4 Å². The molecule has 3 aromatic heterocycles. The third-order valence-corrected chi connectivity index (χ3v) is 4.30. The summed E-state index contributed by atoms with van der Waals surface area (Å²) in [6.45, 7) is 4.75. The molecule has 2 atom stereocenters. The second kappa shape index (κ2) is 6.15. The van der Waals surface area contributed by atoms with Gasteiger partial charge in [-0.15, -0.1) is 15.3 Å². The molecule has 0 bridgehead atoms. The minimum atomic E-state index is -0.433. The minimum absolute atomic E-state index is 0.269. The fourth-order valence-corrected chi connectivity index (χ4v) is 2.76. The number of ether oxygens (including phenoxy) is 1. The number of nitrogens with one attached hydrogen (secondary N) is 2. The van der Waals surface area contributed by atoms with Crippen LogP contribution >= 0.6 is 0 Å². The van der Waals surface area contributed by atoms with Crippen molar-refractivity contribution in [2.24, 2.45) is 5.92 Å². The fourth-order valence-electron chi connectivity index (χ4n) is 2.76. The molecule has 0 spiro atoms. The number of carbonyl (C=O) groups is 1. The van der Waals surface area contributed by atoms with E-state index >= 15 is 0 Å². The SMILES string of the molecule is CCOC(=O)c1cc(CNc2ccc3nnc(C4CC4C)n3n2)[nH]n1. The highest BCUT2D eigenvalue weighted by Crippen LogP contribution is 2.45. The van der Waals surface area contributed by atoms with Gasteiger partial charge in [0.25, 0.3) is 0 Å². The summed E-state index contributed by atoms with van der Waals surface area (Å²) in [6, 6.07) is 5.40. The molecule has 9 nitrogen and oxygen atoms in total. The van der Waals surface area contributed by atoms with Gasteiger partial charge in [0.2, 0.25) is 0 Å². The molecule has 3 aromatic rings. The van der Waals surface area contributed by atoms with Gasteiger partial charge >= 0.3 is 5.97 Å². The van der Waals surface area contributed by atoms with Crippen molar-refractivity contribution >= 4 is 17.4 Å². The maximum Gasteiger partial charge on any atom is 0.358 e. The van der Waals surface area contributed by atoms with Crippen molar-refractivity contribution in [2.75, 3.05) is 11.9 Å². The molecule has 1 aliphatic carbocycles. The number of rotatable bonds is 6. The lowest BCUT2D eigenvalue weighted by Gasteiger charge is -2.04. The van der Waals surface area contributed by atoms with Crippen molar-refractivity contribution in [1.82, 2.24) is 30.0 Å². The summed E-state index contributed by atoms with van der Waals surface area (Å²) in [6.07, 6.45) is 1.13. The average molecular weight is 341 g/mol. The van der Waals surface area contributed by atoms with Gasteiger partial charge in [-0.25, -0.2) is 4.79 Å². The topological polar surface area (TPSA) is 110 Å². The Morgan fingerprint density at radius 3 is 3.04 bits per heavy atom. The molecule has 0 radical (unpaired) electrons. The van der Waals surface area contributed by atoms with E-state index in [0.29, 0.717) is 30.8 Å². The molecule has 1 aliphatic rings. The lowest BCUT2D eigenvalue weighted by molar-refractivity contribution is 0.0519. The fraction of sp³-hybridized carbons (Fsp3) is 0.438. The van der Waals surface area contributed by atoms with Gasteiger partial charge in [0.15, 0.2) is 17.2 Å². The van der Waals surface area contributed by atoms with Crippen LogP contribution in [0.3, 0.4) is 0 Å². The predicted octanol–water partition coefficient (Wildman–Crippen LogP) is 1.76. The van der Waals surface area contributed by atoms with Crippen LogP contribution in [0.1, 0.15) is 48.2 Å². The monoisotopic (exact) mass is 341 g/mol. The van der Waals surface area contributed by atoms with Crippen LogP contribution in [0.25, 0.3) is 5.65 Å². The first kappa shape index (κ1) is 15.6. The molecular formula is C16H19N7O2. The average Bonchev–Trinajstić information content (AvgIpc) is 3.04. The van der Waals surface area contributed by atoms with Gasteiger partial charge < -0.3 is 10.1 Å². The van der Waals surface area contributed by atoms with Crippen molar-refractivity contribution in [1.29, 1.82) is 0 Å². The van der Waals surface area contributed by atoms with E-state index in [1.54, 1.807) is 17.5 Å². The van der Waals surface area contributed by atoms with Crippen LogP contribution in [0, 0.1) is 5.92 Å². The van der Waals surface area contributed by atoms with Crippen LogP contribution in [0.4, 0.5) is 5.82 Å². The number of aromatic nitrogens is 6. The third-order valence-electron chi connectivity index (χ3n) is 4.30. The maximum atomic E-state index is 11.6.